The molecule has 0 spiro atoms. The molecule has 3 nitrogen and oxygen atoms in total. The number of nitrogens with zero attached hydrogens (tertiary/aromatic N) is 1. The summed E-state index contributed by atoms with van der Waals surface area (Å²) in [6.45, 7) is 1.75. The topological polar surface area (TPSA) is 50.2 Å². The van der Waals surface area contributed by atoms with Gasteiger partial charge in [-0.15, -0.1) is 12.4 Å². The molecule has 15 heavy (non-hydrogen) atoms. The van der Waals surface area contributed by atoms with Gasteiger partial charge in [0.1, 0.15) is 0 Å². The Bertz CT molecular complexity index is 511. The molecule has 0 radical (unpaired) electrons. The van der Waals surface area contributed by atoms with Crippen LogP contribution in [0.15, 0.2) is 30.3 Å². The minimum atomic E-state index is -0.978. The molecule has 0 aliphatic carbocycles. The smallest absolute Gasteiger partial charge is 0.354 e. The predicted octanol–water partition coefficient (Wildman–Crippen LogP) is 2.66. The number of aromatic nitrogens is 1. The zero-order chi connectivity index (χ0) is 10.1. The van der Waals surface area contributed by atoms with Crippen LogP contribution in [0.3, 0.4) is 0 Å². The van der Waals surface area contributed by atoms with Gasteiger partial charge in [-0.2, -0.15) is 0 Å². The summed E-state index contributed by atoms with van der Waals surface area (Å²) >= 11 is 0. The van der Waals surface area contributed by atoms with Gasteiger partial charge in [-0.05, 0) is 24.6 Å². The number of carbonyl (C=O) groups is 1. The van der Waals surface area contributed by atoms with E-state index in [1.54, 1.807) is 13.0 Å². The largest absolute Gasteiger partial charge is 0.477 e. The summed E-state index contributed by atoms with van der Waals surface area (Å²) in [4.78, 5) is 14.9. The molecular formula is C11H10ClNO2. The Kier molecular flexibility index (Phi) is 3.27. The van der Waals surface area contributed by atoms with Gasteiger partial charge in [0, 0.05) is 5.39 Å². The van der Waals surface area contributed by atoms with Crippen LogP contribution in [-0.4, -0.2) is 16.1 Å². The number of rotatable bonds is 1. The molecule has 0 unspecified atom stereocenters. The van der Waals surface area contributed by atoms with Gasteiger partial charge in [0.2, 0.25) is 0 Å². The molecule has 78 valence electrons. The molecule has 0 fully saturated rings. The van der Waals surface area contributed by atoms with Crippen LogP contribution in [0.4, 0.5) is 0 Å². The SMILES string of the molecule is Cc1cc2ccccc2nc1C(=O)O.Cl. The first-order chi connectivity index (χ1) is 6.68. The van der Waals surface area contributed by atoms with Crippen molar-refractivity contribution < 1.29 is 9.90 Å². The van der Waals surface area contributed by atoms with Gasteiger partial charge in [0.25, 0.3) is 0 Å². The molecule has 2 aromatic rings. The highest BCUT2D eigenvalue weighted by Crippen LogP contribution is 2.15. The standard InChI is InChI=1S/C11H9NO2.ClH/c1-7-6-8-4-2-3-5-9(8)12-10(7)11(13)14;/h2-6H,1H3,(H,13,14);1H. The van der Waals surface area contributed by atoms with E-state index in [4.69, 9.17) is 5.11 Å². The zero-order valence-corrected chi connectivity index (χ0v) is 8.91. The van der Waals surface area contributed by atoms with Gasteiger partial charge in [0.05, 0.1) is 5.52 Å². The van der Waals surface area contributed by atoms with E-state index in [0.717, 1.165) is 10.9 Å². The van der Waals surface area contributed by atoms with E-state index in [1.165, 1.54) is 0 Å². The summed E-state index contributed by atoms with van der Waals surface area (Å²) in [6, 6.07) is 9.31. The van der Waals surface area contributed by atoms with Gasteiger partial charge < -0.3 is 5.11 Å². The van der Waals surface area contributed by atoms with E-state index in [0.29, 0.717) is 5.56 Å². The van der Waals surface area contributed by atoms with Crippen LogP contribution in [0.1, 0.15) is 16.1 Å². The minimum absolute atomic E-state index is 0. The minimum Gasteiger partial charge on any atom is -0.477 e. The maximum Gasteiger partial charge on any atom is 0.354 e. The summed E-state index contributed by atoms with van der Waals surface area (Å²) in [5, 5.41) is 9.83. The fourth-order valence-electron chi connectivity index (χ4n) is 1.44. The Morgan fingerprint density at radius 1 is 1.33 bits per heavy atom. The molecule has 0 atom stereocenters. The van der Waals surface area contributed by atoms with Crippen molar-refractivity contribution in [3.8, 4) is 0 Å². The molecule has 0 aliphatic rings. The molecular weight excluding hydrogens is 214 g/mol. The Balaban J connectivity index is 0.00000112. The molecule has 0 amide bonds. The van der Waals surface area contributed by atoms with E-state index in [2.05, 4.69) is 4.98 Å². The van der Waals surface area contributed by atoms with Crippen LogP contribution in [0.2, 0.25) is 0 Å². The van der Waals surface area contributed by atoms with E-state index in [1.807, 2.05) is 24.3 Å². The number of para-hydroxylation sites is 1. The average Bonchev–Trinajstić information content (AvgIpc) is 2.16. The molecule has 0 bridgehead atoms. The first kappa shape index (κ1) is 11.5. The second-order valence-corrected chi connectivity index (χ2v) is 3.15. The average molecular weight is 224 g/mol. The first-order valence-electron chi connectivity index (χ1n) is 4.28. The van der Waals surface area contributed by atoms with E-state index in [9.17, 15) is 4.79 Å². The van der Waals surface area contributed by atoms with Crippen molar-refractivity contribution >= 4 is 29.3 Å². The van der Waals surface area contributed by atoms with Crippen molar-refractivity contribution in [2.24, 2.45) is 0 Å². The highest BCUT2D eigenvalue weighted by Gasteiger charge is 2.09. The quantitative estimate of drug-likeness (QED) is 0.809. The fraction of sp³-hybridized carbons (Fsp3) is 0.0909. The lowest BCUT2D eigenvalue weighted by Crippen LogP contribution is -2.03. The summed E-state index contributed by atoms with van der Waals surface area (Å²) < 4.78 is 0. The highest BCUT2D eigenvalue weighted by atomic mass is 35.5. The molecule has 1 N–H and O–H groups in total. The lowest BCUT2D eigenvalue weighted by molar-refractivity contribution is 0.0690. The van der Waals surface area contributed by atoms with Crippen molar-refractivity contribution in [2.45, 2.75) is 6.92 Å². The molecule has 1 heterocycles. The van der Waals surface area contributed by atoms with Crippen molar-refractivity contribution in [3.05, 3.63) is 41.6 Å². The Labute approximate surface area is 93.2 Å². The molecule has 4 heteroatoms. The number of hydrogen-bond acceptors (Lipinski definition) is 2. The maximum atomic E-state index is 10.8. The lowest BCUT2D eigenvalue weighted by atomic mass is 10.1. The first-order valence-corrected chi connectivity index (χ1v) is 4.28. The third-order valence-electron chi connectivity index (χ3n) is 2.12. The van der Waals surface area contributed by atoms with Crippen molar-refractivity contribution in [1.29, 1.82) is 0 Å². The predicted molar refractivity (Wildman–Crippen MR) is 60.7 cm³/mol. The Hall–Kier alpha value is -1.61. The number of carboxylic acids is 1. The third-order valence-corrected chi connectivity index (χ3v) is 2.12. The zero-order valence-electron chi connectivity index (χ0n) is 8.10. The monoisotopic (exact) mass is 223 g/mol. The molecule has 2 rings (SSSR count). The number of aromatic carboxylic acids is 1. The normalized spacial score (nSPS) is 9.67. The van der Waals surface area contributed by atoms with Gasteiger partial charge in [-0.3, -0.25) is 0 Å². The van der Waals surface area contributed by atoms with Crippen LogP contribution in [0.5, 0.6) is 0 Å². The van der Waals surface area contributed by atoms with Crippen LogP contribution in [0, 0.1) is 6.92 Å². The van der Waals surface area contributed by atoms with Gasteiger partial charge >= 0.3 is 5.97 Å². The number of hydrogen-bond donors (Lipinski definition) is 1. The summed E-state index contributed by atoms with van der Waals surface area (Å²) in [5.74, 6) is -0.978. The number of halogens is 1. The number of pyridine rings is 1. The van der Waals surface area contributed by atoms with Gasteiger partial charge in [0.15, 0.2) is 5.69 Å². The Morgan fingerprint density at radius 2 is 2.00 bits per heavy atom. The lowest BCUT2D eigenvalue weighted by Gasteiger charge is -2.02. The van der Waals surface area contributed by atoms with Crippen molar-refractivity contribution in [3.63, 3.8) is 0 Å². The third kappa shape index (κ3) is 2.07. The summed E-state index contributed by atoms with van der Waals surface area (Å²) in [7, 11) is 0. The van der Waals surface area contributed by atoms with Gasteiger partial charge in [-0.25, -0.2) is 9.78 Å². The van der Waals surface area contributed by atoms with Crippen LogP contribution in [0.25, 0.3) is 10.9 Å². The summed E-state index contributed by atoms with van der Waals surface area (Å²) in [6.07, 6.45) is 0. The fourth-order valence-corrected chi connectivity index (χ4v) is 1.44. The van der Waals surface area contributed by atoms with Crippen molar-refractivity contribution in [1.82, 2.24) is 4.98 Å². The van der Waals surface area contributed by atoms with Crippen molar-refractivity contribution in [2.75, 3.05) is 0 Å². The van der Waals surface area contributed by atoms with Crippen LogP contribution < -0.4 is 0 Å². The summed E-state index contributed by atoms with van der Waals surface area (Å²) in [5.41, 5.74) is 1.54. The highest BCUT2D eigenvalue weighted by molar-refractivity contribution is 5.91. The second-order valence-electron chi connectivity index (χ2n) is 3.15. The number of carboxylic acid groups (broad SMARTS) is 1. The number of fused-ring (bicyclic) bond motifs is 1. The molecule has 0 saturated carbocycles. The van der Waals surface area contributed by atoms with E-state index < -0.39 is 5.97 Å². The van der Waals surface area contributed by atoms with E-state index in [-0.39, 0.29) is 18.1 Å². The van der Waals surface area contributed by atoms with Crippen LogP contribution in [-0.2, 0) is 0 Å². The molecule has 0 saturated heterocycles. The number of aryl methyl sites for hydroxylation is 1. The molecule has 0 aliphatic heterocycles. The van der Waals surface area contributed by atoms with Gasteiger partial charge in [-0.1, -0.05) is 18.2 Å². The Morgan fingerprint density at radius 3 is 2.67 bits per heavy atom. The molecule has 1 aromatic heterocycles. The molecule has 1 aromatic carbocycles. The second kappa shape index (κ2) is 4.28. The number of benzene rings is 1. The van der Waals surface area contributed by atoms with E-state index >= 15 is 0 Å². The maximum absolute atomic E-state index is 10.8. The van der Waals surface area contributed by atoms with Crippen LogP contribution >= 0.6 is 12.4 Å².